The number of rotatable bonds is 3. The van der Waals surface area contributed by atoms with Crippen molar-refractivity contribution in [2.45, 2.75) is 31.8 Å². The van der Waals surface area contributed by atoms with Gasteiger partial charge in [-0.3, -0.25) is 15.0 Å². The maximum absolute atomic E-state index is 12.7. The molecule has 1 saturated heterocycles. The number of nitrogens with one attached hydrogen (secondary N) is 2. The fourth-order valence-corrected chi connectivity index (χ4v) is 4.10. The lowest BCUT2D eigenvalue weighted by atomic mass is 9.76. The Hall–Kier alpha value is -3.17. The molecule has 2 aliphatic heterocycles. The fraction of sp³-hybridized carbons (Fsp3) is 0.348. The smallest absolute Gasteiger partial charge is 0.246 e. The van der Waals surface area contributed by atoms with Crippen LogP contribution in [0.2, 0.25) is 0 Å². The second-order valence-electron chi connectivity index (χ2n) is 7.87. The molecule has 0 unspecified atom stereocenters. The van der Waals surface area contributed by atoms with Crippen LogP contribution in [0.15, 0.2) is 59.6 Å². The first-order valence-electron chi connectivity index (χ1n) is 9.98. The van der Waals surface area contributed by atoms with Gasteiger partial charge in [-0.15, -0.1) is 0 Å². The summed E-state index contributed by atoms with van der Waals surface area (Å²) in [4.78, 5) is 19.9. The summed E-state index contributed by atoms with van der Waals surface area (Å²) in [6.07, 6.45) is 1.37. The first-order valence-corrected chi connectivity index (χ1v) is 9.98. The van der Waals surface area contributed by atoms with Crippen molar-refractivity contribution in [3.63, 3.8) is 0 Å². The number of anilines is 1. The number of carbonyl (C=O) groups is 1. The zero-order chi connectivity index (χ0) is 20.3. The topological polar surface area (TPSA) is 80.5 Å². The molecular weight excluding hydrogens is 362 g/mol. The van der Waals surface area contributed by atoms with E-state index in [4.69, 9.17) is 4.99 Å². The Labute approximate surface area is 171 Å². The molecule has 4 rings (SSSR count). The minimum atomic E-state index is -0.759. The van der Waals surface area contributed by atoms with Crippen molar-refractivity contribution in [1.82, 2.24) is 10.2 Å². The monoisotopic (exact) mass is 387 g/mol. The average molecular weight is 387 g/mol. The van der Waals surface area contributed by atoms with Gasteiger partial charge in [0.15, 0.2) is 5.92 Å². The second kappa shape index (κ2) is 8.06. The summed E-state index contributed by atoms with van der Waals surface area (Å²) in [6.45, 7) is 4.52. The summed E-state index contributed by atoms with van der Waals surface area (Å²) >= 11 is 0. The number of benzene rings is 2. The van der Waals surface area contributed by atoms with Crippen LogP contribution in [0, 0.1) is 24.2 Å². The molecule has 2 aliphatic rings. The van der Waals surface area contributed by atoms with E-state index in [9.17, 15) is 10.1 Å². The van der Waals surface area contributed by atoms with E-state index in [1.54, 1.807) is 0 Å². The molecule has 6 heteroatoms. The molecule has 29 heavy (non-hydrogen) atoms. The van der Waals surface area contributed by atoms with Crippen molar-refractivity contribution in [2.75, 3.05) is 18.4 Å². The molecule has 1 spiro atoms. The number of aryl methyl sites for hydroxylation is 1. The van der Waals surface area contributed by atoms with E-state index in [1.165, 1.54) is 5.56 Å². The van der Waals surface area contributed by atoms with Crippen LogP contribution in [0.4, 0.5) is 5.69 Å². The van der Waals surface area contributed by atoms with Gasteiger partial charge in [0.1, 0.15) is 0 Å². The number of likely N-dealkylation sites (tertiary alicyclic amines) is 1. The number of nitriles is 1. The van der Waals surface area contributed by atoms with Crippen LogP contribution in [0.1, 0.15) is 24.0 Å². The highest BCUT2D eigenvalue weighted by Gasteiger charge is 2.48. The van der Waals surface area contributed by atoms with E-state index in [0.29, 0.717) is 18.8 Å². The van der Waals surface area contributed by atoms with Gasteiger partial charge in [-0.05, 0) is 37.5 Å². The van der Waals surface area contributed by atoms with Crippen molar-refractivity contribution in [2.24, 2.45) is 10.9 Å². The standard InChI is InChI=1S/C23H25N5O/c1-17-7-9-19(10-8-17)25-22-26-21(29)20(15-24)23(27-22)11-13-28(14-12-23)16-18-5-3-2-4-6-18/h2-10,20H,11-14,16H2,1H3,(H2,25,26,27,29)/t20-/m1/s1. The molecular formula is C23H25N5O. The molecule has 1 atom stereocenters. The number of carbonyl (C=O) groups excluding carboxylic acids is 1. The summed E-state index contributed by atoms with van der Waals surface area (Å²) in [5.74, 6) is -0.597. The normalized spacial score (nSPS) is 21.2. The number of aliphatic imine (C=N–C) groups is 1. The van der Waals surface area contributed by atoms with E-state index in [1.807, 2.05) is 49.4 Å². The fourth-order valence-electron chi connectivity index (χ4n) is 4.10. The Balaban J connectivity index is 1.51. The molecule has 6 nitrogen and oxygen atoms in total. The highest BCUT2D eigenvalue weighted by Crippen LogP contribution is 2.36. The predicted molar refractivity (Wildman–Crippen MR) is 113 cm³/mol. The maximum Gasteiger partial charge on any atom is 0.246 e. The Morgan fingerprint density at radius 1 is 1.17 bits per heavy atom. The largest absolute Gasteiger partial charge is 0.326 e. The summed E-state index contributed by atoms with van der Waals surface area (Å²) in [5, 5.41) is 15.6. The number of guanidine groups is 1. The Morgan fingerprint density at radius 2 is 1.86 bits per heavy atom. The van der Waals surface area contributed by atoms with Crippen molar-refractivity contribution in [1.29, 1.82) is 5.26 Å². The molecule has 0 aromatic heterocycles. The average Bonchev–Trinajstić information content (AvgIpc) is 2.72. The van der Waals surface area contributed by atoms with Crippen LogP contribution in [-0.4, -0.2) is 35.4 Å². The zero-order valence-electron chi connectivity index (χ0n) is 16.6. The van der Waals surface area contributed by atoms with Gasteiger partial charge < -0.3 is 5.32 Å². The molecule has 2 heterocycles. The highest BCUT2D eigenvalue weighted by molar-refractivity contribution is 6.07. The molecule has 0 saturated carbocycles. The van der Waals surface area contributed by atoms with Crippen molar-refractivity contribution < 1.29 is 4.79 Å². The molecule has 2 aromatic carbocycles. The van der Waals surface area contributed by atoms with E-state index in [2.05, 4.69) is 33.7 Å². The number of piperidine rings is 1. The van der Waals surface area contributed by atoms with Crippen molar-refractivity contribution in [3.05, 3.63) is 65.7 Å². The lowest BCUT2D eigenvalue weighted by molar-refractivity contribution is -0.125. The zero-order valence-corrected chi connectivity index (χ0v) is 16.6. The van der Waals surface area contributed by atoms with Crippen LogP contribution >= 0.6 is 0 Å². The van der Waals surface area contributed by atoms with E-state index < -0.39 is 11.5 Å². The summed E-state index contributed by atoms with van der Waals surface area (Å²) < 4.78 is 0. The number of hydrogen-bond acceptors (Lipinski definition) is 5. The molecule has 0 bridgehead atoms. The summed E-state index contributed by atoms with van der Waals surface area (Å²) in [5.41, 5.74) is 2.63. The molecule has 2 N–H and O–H groups in total. The quantitative estimate of drug-likeness (QED) is 0.848. The Morgan fingerprint density at radius 3 is 2.52 bits per heavy atom. The summed E-state index contributed by atoms with van der Waals surface area (Å²) in [6, 6.07) is 20.5. The minimum absolute atomic E-state index is 0.270. The molecule has 0 aliphatic carbocycles. The number of amides is 1. The van der Waals surface area contributed by atoms with Gasteiger partial charge in [-0.2, -0.15) is 5.26 Å². The molecule has 1 amide bonds. The lowest BCUT2D eigenvalue weighted by Gasteiger charge is -2.43. The van der Waals surface area contributed by atoms with Crippen LogP contribution in [0.25, 0.3) is 0 Å². The third-order valence-electron chi connectivity index (χ3n) is 5.79. The van der Waals surface area contributed by atoms with Gasteiger partial charge in [-0.25, -0.2) is 4.99 Å². The van der Waals surface area contributed by atoms with Crippen molar-refractivity contribution >= 4 is 17.6 Å². The highest BCUT2D eigenvalue weighted by atomic mass is 16.2. The predicted octanol–water partition coefficient (Wildman–Crippen LogP) is 3.07. The van der Waals surface area contributed by atoms with Gasteiger partial charge in [0, 0.05) is 25.3 Å². The van der Waals surface area contributed by atoms with Gasteiger partial charge in [-0.1, -0.05) is 48.0 Å². The van der Waals surface area contributed by atoms with E-state index >= 15 is 0 Å². The Bertz CT molecular complexity index is 937. The van der Waals surface area contributed by atoms with Gasteiger partial charge >= 0.3 is 0 Å². The molecule has 0 radical (unpaired) electrons. The lowest BCUT2D eigenvalue weighted by Crippen LogP contribution is -2.58. The SMILES string of the molecule is Cc1ccc(NC2=NC3(CCN(Cc4ccccc4)CC3)[C@H](C#N)C(=O)N2)cc1. The first kappa shape index (κ1) is 19.2. The van der Waals surface area contributed by atoms with Gasteiger partial charge in [0.25, 0.3) is 0 Å². The van der Waals surface area contributed by atoms with Crippen LogP contribution in [-0.2, 0) is 11.3 Å². The number of hydrogen-bond donors (Lipinski definition) is 2. The summed E-state index contributed by atoms with van der Waals surface area (Å²) in [7, 11) is 0. The van der Waals surface area contributed by atoms with E-state index in [-0.39, 0.29) is 5.91 Å². The first-order chi connectivity index (χ1) is 14.1. The van der Waals surface area contributed by atoms with E-state index in [0.717, 1.165) is 30.9 Å². The minimum Gasteiger partial charge on any atom is -0.326 e. The van der Waals surface area contributed by atoms with Crippen LogP contribution in [0.5, 0.6) is 0 Å². The Kier molecular flexibility index (Phi) is 5.32. The third kappa shape index (κ3) is 4.15. The van der Waals surface area contributed by atoms with Crippen molar-refractivity contribution in [3.8, 4) is 6.07 Å². The van der Waals surface area contributed by atoms with Crippen LogP contribution in [0.3, 0.4) is 0 Å². The second-order valence-corrected chi connectivity index (χ2v) is 7.87. The van der Waals surface area contributed by atoms with Gasteiger partial charge in [0.05, 0.1) is 11.6 Å². The van der Waals surface area contributed by atoms with Crippen LogP contribution < -0.4 is 10.6 Å². The molecule has 148 valence electrons. The maximum atomic E-state index is 12.7. The third-order valence-corrected chi connectivity index (χ3v) is 5.79. The molecule has 2 aromatic rings. The van der Waals surface area contributed by atoms with Gasteiger partial charge in [0.2, 0.25) is 11.9 Å². The number of nitrogens with zero attached hydrogens (tertiary/aromatic N) is 3. The molecule has 1 fully saturated rings.